The number of aromatic nitrogens is 2. The molecule has 0 radical (unpaired) electrons. The van der Waals surface area contributed by atoms with Crippen LogP contribution in [0.5, 0.6) is 0 Å². The van der Waals surface area contributed by atoms with Crippen molar-refractivity contribution in [3.8, 4) is 0 Å². The molecule has 1 N–H and O–H groups in total. The standard InChI is InChI=1S/C16H19FN2O2/c1-4-8-19-10-7-5-6-9(17)13(10)18-14(19)11-12(15(20)21)16(11,2)3/h5-7,11-12H,4,8H2,1-3H3,(H,20,21). The van der Waals surface area contributed by atoms with E-state index in [0.29, 0.717) is 17.9 Å². The van der Waals surface area contributed by atoms with Crippen LogP contribution in [0.2, 0.25) is 0 Å². The first kappa shape index (κ1) is 14.0. The lowest BCUT2D eigenvalue weighted by molar-refractivity contribution is -0.139. The molecule has 2 unspecified atom stereocenters. The van der Waals surface area contributed by atoms with E-state index in [-0.39, 0.29) is 17.2 Å². The number of hydrogen-bond donors (Lipinski definition) is 1. The predicted octanol–water partition coefficient (Wildman–Crippen LogP) is 3.41. The molecule has 0 amide bonds. The van der Waals surface area contributed by atoms with Gasteiger partial charge in [0.15, 0.2) is 5.82 Å². The Labute approximate surface area is 122 Å². The van der Waals surface area contributed by atoms with E-state index < -0.39 is 11.9 Å². The Morgan fingerprint density at radius 2 is 2.19 bits per heavy atom. The van der Waals surface area contributed by atoms with E-state index in [1.807, 2.05) is 31.4 Å². The van der Waals surface area contributed by atoms with Gasteiger partial charge in [0.2, 0.25) is 0 Å². The van der Waals surface area contributed by atoms with Crippen LogP contribution in [-0.4, -0.2) is 20.6 Å². The summed E-state index contributed by atoms with van der Waals surface area (Å²) in [5.74, 6) is -1.06. The maximum atomic E-state index is 14.0. The zero-order valence-electron chi connectivity index (χ0n) is 12.4. The first-order chi connectivity index (χ1) is 9.89. The van der Waals surface area contributed by atoms with Gasteiger partial charge in [-0.3, -0.25) is 4.79 Å². The smallest absolute Gasteiger partial charge is 0.307 e. The van der Waals surface area contributed by atoms with E-state index in [1.54, 1.807) is 6.07 Å². The third kappa shape index (κ3) is 1.94. The van der Waals surface area contributed by atoms with Gasteiger partial charge < -0.3 is 9.67 Å². The third-order valence-electron chi connectivity index (χ3n) is 4.58. The van der Waals surface area contributed by atoms with Gasteiger partial charge in [-0.15, -0.1) is 0 Å². The van der Waals surface area contributed by atoms with Crippen LogP contribution in [0.25, 0.3) is 11.0 Å². The summed E-state index contributed by atoms with van der Waals surface area (Å²) < 4.78 is 15.9. The van der Waals surface area contributed by atoms with Gasteiger partial charge in [-0.05, 0) is 24.0 Å². The number of hydrogen-bond acceptors (Lipinski definition) is 2. The van der Waals surface area contributed by atoms with Crippen LogP contribution in [-0.2, 0) is 11.3 Å². The average molecular weight is 290 g/mol. The van der Waals surface area contributed by atoms with Gasteiger partial charge >= 0.3 is 5.97 Å². The molecule has 1 heterocycles. The van der Waals surface area contributed by atoms with Crippen LogP contribution in [0.15, 0.2) is 18.2 Å². The molecule has 1 saturated carbocycles. The highest BCUT2D eigenvalue weighted by atomic mass is 19.1. The highest BCUT2D eigenvalue weighted by molar-refractivity contribution is 5.80. The van der Waals surface area contributed by atoms with Crippen molar-refractivity contribution in [2.45, 2.75) is 39.7 Å². The number of carbonyl (C=O) groups is 1. The van der Waals surface area contributed by atoms with Crippen LogP contribution in [0.1, 0.15) is 38.9 Å². The zero-order valence-corrected chi connectivity index (χ0v) is 12.4. The number of carboxylic acids is 1. The van der Waals surface area contributed by atoms with Crippen molar-refractivity contribution < 1.29 is 14.3 Å². The minimum absolute atomic E-state index is 0.159. The molecule has 1 fully saturated rings. The van der Waals surface area contributed by atoms with Crippen LogP contribution in [0.3, 0.4) is 0 Å². The summed E-state index contributed by atoms with van der Waals surface area (Å²) in [7, 11) is 0. The third-order valence-corrected chi connectivity index (χ3v) is 4.58. The molecule has 0 bridgehead atoms. The van der Waals surface area contributed by atoms with Gasteiger partial charge in [0.05, 0.1) is 11.4 Å². The summed E-state index contributed by atoms with van der Waals surface area (Å²) in [6.07, 6.45) is 0.889. The fourth-order valence-electron chi connectivity index (χ4n) is 3.41. The van der Waals surface area contributed by atoms with E-state index in [1.165, 1.54) is 6.07 Å². The number of benzene rings is 1. The van der Waals surface area contributed by atoms with Gasteiger partial charge in [0.1, 0.15) is 11.3 Å². The predicted molar refractivity (Wildman–Crippen MR) is 77.6 cm³/mol. The molecule has 1 aromatic carbocycles. The highest BCUT2D eigenvalue weighted by Gasteiger charge is 2.64. The van der Waals surface area contributed by atoms with Crippen LogP contribution in [0, 0.1) is 17.2 Å². The number of halogens is 1. The second-order valence-corrected chi connectivity index (χ2v) is 6.34. The lowest BCUT2D eigenvalue weighted by Gasteiger charge is -2.08. The maximum Gasteiger partial charge on any atom is 0.307 e. The molecule has 0 spiro atoms. The van der Waals surface area contributed by atoms with Crippen molar-refractivity contribution in [1.29, 1.82) is 0 Å². The monoisotopic (exact) mass is 290 g/mol. The number of fused-ring (bicyclic) bond motifs is 1. The van der Waals surface area contributed by atoms with Crippen LogP contribution < -0.4 is 0 Å². The Bertz CT molecular complexity index is 720. The highest BCUT2D eigenvalue weighted by Crippen LogP contribution is 2.64. The number of aryl methyl sites for hydroxylation is 1. The molecule has 0 aliphatic heterocycles. The second-order valence-electron chi connectivity index (χ2n) is 6.34. The molecule has 1 aliphatic carbocycles. The number of imidazole rings is 1. The number of rotatable bonds is 4. The minimum Gasteiger partial charge on any atom is -0.481 e. The number of aliphatic carboxylic acids is 1. The number of nitrogens with zero attached hydrogens (tertiary/aromatic N) is 2. The summed E-state index contributed by atoms with van der Waals surface area (Å²) in [5.41, 5.74) is 0.751. The SMILES string of the molecule is CCCn1c(C2C(C(=O)O)C2(C)C)nc2c(F)cccc21. The fourth-order valence-corrected chi connectivity index (χ4v) is 3.41. The Morgan fingerprint density at radius 3 is 2.76 bits per heavy atom. The summed E-state index contributed by atoms with van der Waals surface area (Å²) >= 11 is 0. The van der Waals surface area contributed by atoms with E-state index in [9.17, 15) is 14.3 Å². The lowest BCUT2D eigenvalue weighted by atomic mass is 10.1. The van der Waals surface area contributed by atoms with E-state index in [0.717, 1.165) is 11.9 Å². The molecular formula is C16H19FN2O2. The average Bonchev–Trinajstić information content (AvgIpc) is 2.80. The van der Waals surface area contributed by atoms with Gasteiger partial charge in [-0.2, -0.15) is 0 Å². The topological polar surface area (TPSA) is 55.1 Å². The maximum absolute atomic E-state index is 14.0. The molecule has 5 heteroatoms. The molecule has 4 nitrogen and oxygen atoms in total. The van der Waals surface area contributed by atoms with Crippen molar-refractivity contribution in [3.05, 3.63) is 29.8 Å². The van der Waals surface area contributed by atoms with E-state index in [4.69, 9.17) is 0 Å². The molecule has 1 aromatic heterocycles. The van der Waals surface area contributed by atoms with Crippen molar-refractivity contribution in [3.63, 3.8) is 0 Å². The Hall–Kier alpha value is -1.91. The summed E-state index contributed by atoms with van der Waals surface area (Å²) in [6.45, 7) is 6.63. The molecule has 3 rings (SSSR count). The van der Waals surface area contributed by atoms with Crippen LogP contribution in [0.4, 0.5) is 4.39 Å². The molecular weight excluding hydrogens is 271 g/mol. The minimum atomic E-state index is -0.805. The molecule has 2 atom stereocenters. The normalized spacial score (nSPS) is 23.4. The first-order valence-corrected chi connectivity index (χ1v) is 7.27. The van der Waals surface area contributed by atoms with E-state index in [2.05, 4.69) is 4.98 Å². The van der Waals surface area contributed by atoms with E-state index >= 15 is 0 Å². The van der Waals surface area contributed by atoms with Crippen molar-refractivity contribution in [2.24, 2.45) is 11.3 Å². The van der Waals surface area contributed by atoms with Gasteiger partial charge in [0, 0.05) is 12.5 Å². The van der Waals surface area contributed by atoms with Gasteiger partial charge in [-0.1, -0.05) is 26.8 Å². The van der Waals surface area contributed by atoms with Crippen molar-refractivity contribution >= 4 is 17.0 Å². The molecule has 2 aromatic rings. The van der Waals surface area contributed by atoms with Crippen LogP contribution >= 0.6 is 0 Å². The fraction of sp³-hybridized carbons (Fsp3) is 0.500. The summed E-state index contributed by atoms with van der Waals surface area (Å²) in [5, 5.41) is 9.36. The summed E-state index contributed by atoms with van der Waals surface area (Å²) in [6, 6.07) is 4.90. The Balaban J connectivity index is 2.17. The quantitative estimate of drug-likeness (QED) is 0.938. The first-order valence-electron chi connectivity index (χ1n) is 7.27. The van der Waals surface area contributed by atoms with Gasteiger partial charge in [-0.25, -0.2) is 9.37 Å². The largest absolute Gasteiger partial charge is 0.481 e. The molecule has 0 saturated heterocycles. The molecule has 112 valence electrons. The molecule has 21 heavy (non-hydrogen) atoms. The number of carboxylic acid groups (broad SMARTS) is 1. The van der Waals surface area contributed by atoms with Crippen molar-refractivity contribution in [1.82, 2.24) is 9.55 Å². The number of para-hydroxylation sites is 1. The van der Waals surface area contributed by atoms with Crippen molar-refractivity contribution in [2.75, 3.05) is 0 Å². The summed E-state index contributed by atoms with van der Waals surface area (Å²) in [4.78, 5) is 15.8. The lowest BCUT2D eigenvalue weighted by Crippen LogP contribution is -2.05. The Kier molecular flexibility index (Phi) is 3.04. The Morgan fingerprint density at radius 1 is 1.48 bits per heavy atom. The molecule has 1 aliphatic rings. The zero-order chi connectivity index (χ0) is 15.4. The second kappa shape index (κ2) is 4.55. The van der Waals surface area contributed by atoms with Gasteiger partial charge in [0.25, 0.3) is 0 Å².